The van der Waals surface area contributed by atoms with Crippen molar-refractivity contribution in [3.05, 3.63) is 35.7 Å². The summed E-state index contributed by atoms with van der Waals surface area (Å²) in [6.45, 7) is 6.49. The molecule has 22 heavy (non-hydrogen) atoms. The highest BCUT2D eigenvalue weighted by Crippen LogP contribution is 2.58. The van der Waals surface area contributed by atoms with Gasteiger partial charge in [-0.15, -0.1) is 10.2 Å². The van der Waals surface area contributed by atoms with Crippen molar-refractivity contribution < 1.29 is 9.90 Å². The van der Waals surface area contributed by atoms with Gasteiger partial charge in [-0.1, -0.05) is 43.8 Å². The van der Waals surface area contributed by atoms with Crippen LogP contribution in [0.25, 0.3) is 5.69 Å². The van der Waals surface area contributed by atoms with Crippen LogP contribution in [0.2, 0.25) is 0 Å². The van der Waals surface area contributed by atoms with Crippen LogP contribution in [-0.4, -0.2) is 31.6 Å². The van der Waals surface area contributed by atoms with Gasteiger partial charge < -0.3 is 5.11 Å². The average Bonchev–Trinajstić information content (AvgIpc) is 2.91. The normalized spacial score (nSPS) is 19.1. The number of hydrogen-bond acceptors (Lipinski definition) is 4. The predicted octanol–water partition coefficient (Wildman–Crippen LogP) is 3.27. The van der Waals surface area contributed by atoms with Crippen LogP contribution in [0.15, 0.2) is 29.4 Å². The van der Waals surface area contributed by atoms with Gasteiger partial charge in [-0.25, -0.2) is 0 Å². The van der Waals surface area contributed by atoms with Gasteiger partial charge in [-0.3, -0.25) is 9.36 Å². The van der Waals surface area contributed by atoms with Gasteiger partial charge in [0.2, 0.25) is 0 Å². The molecule has 1 aliphatic rings. The monoisotopic (exact) mass is 317 g/mol. The molecular formula is C16H19N3O2S. The van der Waals surface area contributed by atoms with Gasteiger partial charge in [0.15, 0.2) is 5.16 Å². The van der Waals surface area contributed by atoms with Crippen molar-refractivity contribution in [1.29, 1.82) is 0 Å². The van der Waals surface area contributed by atoms with Crippen molar-refractivity contribution in [2.24, 2.45) is 5.41 Å². The Labute approximate surface area is 133 Å². The van der Waals surface area contributed by atoms with E-state index in [1.165, 1.54) is 11.8 Å². The van der Waals surface area contributed by atoms with E-state index in [0.29, 0.717) is 11.1 Å². The van der Waals surface area contributed by atoms with Gasteiger partial charge in [0, 0.05) is 5.92 Å². The standard InChI is InChI=1S/C16H19N3O2S/c1-10-6-4-5-7-12(10)19-14(11-8-16(11,2)3)17-18-15(19)22-9-13(20)21/h4-7,11H,8-9H2,1-3H3,(H,20,21)/t11-/m0/s1. The Morgan fingerprint density at radius 1 is 1.41 bits per heavy atom. The molecule has 1 N–H and O–H groups in total. The maximum atomic E-state index is 10.9. The molecule has 1 atom stereocenters. The second-order valence-corrected chi connectivity index (χ2v) is 7.33. The number of para-hydroxylation sites is 1. The molecule has 3 rings (SSSR count). The number of carbonyl (C=O) groups is 1. The lowest BCUT2D eigenvalue weighted by Gasteiger charge is -2.13. The minimum absolute atomic E-state index is 0.0158. The third kappa shape index (κ3) is 2.75. The lowest BCUT2D eigenvalue weighted by molar-refractivity contribution is -0.133. The van der Waals surface area contributed by atoms with Crippen LogP contribution in [0, 0.1) is 12.3 Å². The smallest absolute Gasteiger partial charge is 0.313 e. The van der Waals surface area contributed by atoms with Crippen LogP contribution in [0.4, 0.5) is 0 Å². The summed E-state index contributed by atoms with van der Waals surface area (Å²) in [5, 5.41) is 18.2. The Hall–Kier alpha value is -1.82. The second-order valence-electron chi connectivity index (χ2n) is 6.39. The lowest BCUT2D eigenvalue weighted by atomic mass is 10.1. The van der Waals surface area contributed by atoms with E-state index in [-0.39, 0.29) is 11.2 Å². The fraction of sp³-hybridized carbons (Fsp3) is 0.438. The molecule has 0 radical (unpaired) electrons. The number of hydrogen-bond donors (Lipinski definition) is 1. The summed E-state index contributed by atoms with van der Waals surface area (Å²) in [5.74, 6) is 0.446. The van der Waals surface area contributed by atoms with Crippen LogP contribution in [0.3, 0.4) is 0 Å². The summed E-state index contributed by atoms with van der Waals surface area (Å²) in [6.07, 6.45) is 1.08. The van der Waals surface area contributed by atoms with Crippen molar-refractivity contribution in [3.8, 4) is 5.69 Å². The number of aliphatic carboxylic acids is 1. The second kappa shape index (κ2) is 5.43. The highest BCUT2D eigenvalue weighted by Gasteiger charge is 2.50. The topological polar surface area (TPSA) is 68.0 Å². The zero-order valence-corrected chi connectivity index (χ0v) is 13.7. The molecule has 0 bridgehead atoms. The summed E-state index contributed by atoms with van der Waals surface area (Å²) in [6, 6.07) is 8.05. The molecule has 1 fully saturated rings. The van der Waals surface area contributed by atoms with Crippen LogP contribution in [-0.2, 0) is 4.79 Å². The van der Waals surface area contributed by atoms with Crippen molar-refractivity contribution in [3.63, 3.8) is 0 Å². The van der Waals surface area contributed by atoms with Gasteiger partial charge in [0.25, 0.3) is 0 Å². The molecule has 0 saturated heterocycles. The number of aryl methyl sites for hydroxylation is 1. The summed E-state index contributed by atoms with van der Waals surface area (Å²) in [4.78, 5) is 10.9. The van der Waals surface area contributed by atoms with Crippen LogP contribution >= 0.6 is 11.8 Å². The molecule has 5 nitrogen and oxygen atoms in total. The van der Waals surface area contributed by atoms with E-state index >= 15 is 0 Å². The van der Waals surface area contributed by atoms with E-state index in [0.717, 1.165) is 23.5 Å². The first-order chi connectivity index (χ1) is 10.4. The number of nitrogens with zero attached hydrogens (tertiary/aromatic N) is 3. The number of thioether (sulfide) groups is 1. The first kappa shape index (κ1) is 15.1. The molecule has 1 aliphatic carbocycles. The summed E-state index contributed by atoms with van der Waals surface area (Å²) >= 11 is 1.21. The SMILES string of the molecule is Cc1ccccc1-n1c(SCC(=O)O)nnc1[C@@H]1CC1(C)C. The van der Waals surface area contributed by atoms with E-state index < -0.39 is 5.97 Å². The molecule has 0 spiro atoms. The minimum Gasteiger partial charge on any atom is -0.481 e. The van der Waals surface area contributed by atoms with Crippen LogP contribution < -0.4 is 0 Å². The third-order valence-electron chi connectivity index (χ3n) is 4.16. The summed E-state index contributed by atoms with van der Waals surface area (Å²) in [5.41, 5.74) is 2.39. The number of benzene rings is 1. The average molecular weight is 317 g/mol. The Morgan fingerprint density at radius 3 is 2.68 bits per heavy atom. The molecule has 0 aliphatic heterocycles. The molecule has 0 unspecified atom stereocenters. The zero-order valence-electron chi connectivity index (χ0n) is 12.9. The fourth-order valence-corrected chi connectivity index (χ4v) is 3.35. The van der Waals surface area contributed by atoms with Crippen molar-refractivity contribution in [1.82, 2.24) is 14.8 Å². The van der Waals surface area contributed by atoms with Gasteiger partial charge in [-0.2, -0.15) is 0 Å². The Balaban J connectivity index is 2.05. The molecular weight excluding hydrogens is 298 g/mol. The number of carboxylic acid groups (broad SMARTS) is 1. The lowest BCUT2D eigenvalue weighted by Crippen LogP contribution is -2.07. The fourth-order valence-electron chi connectivity index (χ4n) is 2.68. The van der Waals surface area contributed by atoms with Gasteiger partial charge >= 0.3 is 5.97 Å². The third-order valence-corrected chi connectivity index (χ3v) is 5.08. The molecule has 1 aromatic heterocycles. The first-order valence-electron chi connectivity index (χ1n) is 7.26. The van der Waals surface area contributed by atoms with E-state index in [1.54, 1.807) is 0 Å². The molecule has 0 amide bonds. The van der Waals surface area contributed by atoms with Gasteiger partial charge in [-0.05, 0) is 30.4 Å². The maximum absolute atomic E-state index is 10.9. The quantitative estimate of drug-likeness (QED) is 0.857. The van der Waals surface area contributed by atoms with Gasteiger partial charge in [0.1, 0.15) is 5.82 Å². The van der Waals surface area contributed by atoms with Crippen LogP contribution in [0.5, 0.6) is 0 Å². The molecule has 1 aromatic carbocycles. The molecule has 1 heterocycles. The summed E-state index contributed by atoms with van der Waals surface area (Å²) in [7, 11) is 0. The Bertz CT molecular complexity index is 724. The van der Waals surface area contributed by atoms with Crippen molar-refractivity contribution in [2.75, 3.05) is 5.75 Å². The number of aromatic nitrogens is 3. The highest BCUT2D eigenvalue weighted by atomic mass is 32.2. The van der Waals surface area contributed by atoms with E-state index in [1.807, 2.05) is 35.8 Å². The van der Waals surface area contributed by atoms with Gasteiger partial charge in [0.05, 0.1) is 11.4 Å². The first-order valence-corrected chi connectivity index (χ1v) is 8.24. The Kier molecular flexibility index (Phi) is 3.72. The molecule has 116 valence electrons. The molecule has 2 aromatic rings. The van der Waals surface area contributed by atoms with Crippen molar-refractivity contribution >= 4 is 17.7 Å². The summed E-state index contributed by atoms with van der Waals surface area (Å²) < 4.78 is 2.03. The number of carboxylic acids is 1. The molecule has 6 heteroatoms. The number of rotatable bonds is 5. The Morgan fingerprint density at radius 2 is 2.09 bits per heavy atom. The van der Waals surface area contributed by atoms with E-state index in [9.17, 15) is 4.79 Å². The molecule has 1 saturated carbocycles. The maximum Gasteiger partial charge on any atom is 0.313 e. The van der Waals surface area contributed by atoms with E-state index in [4.69, 9.17) is 5.11 Å². The van der Waals surface area contributed by atoms with Crippen molar-refractivity contribution in [2.45, 2.75) is 38.3 Å². The minimum atomic E-state index is -0.849. The predicted molar refractivity (Wildman–Crippen MR) is 85.6 cm³/mol. The highest BCUT2D eigenvalue weighted by molar-refractivity contribution is 7.99. The largest absolute Gasteiger partial charge is 0.481 e. The van der Waals surface area contributed by atoms with E-state index in [2.05, 4.69) is 24.0 Å². The zero-order chi connectivity index (χ0) is 15.9. The van der Waals surface area contributed by atoms with Crippen LogP contribution in [0.1, 0.15) is 37.6 Å².